The molecule has 1 heterocycles. The van der Waals surface area contributed by atoms with Crippen molar-refractivity contribution in [2.45, 2.75) is 0 Å². The SMILES string of the molecule is COc1cccc(OC)c1C(=O)Nc1nccn1C. The predicted molar refractivity (Wildman–Crippen MR) is 70.7 cm³/mol. The molecule has 0 aliphatic rings. The minimum atomic E-state index is -0.330. The lowest BCUT2D eigenvalue weighted by Crippen LogP contribution is -2.17. The van der Waals surface area contributed by atoms with Crippen molar-refractivity contribution in [3.8, 4) is 11.5 Å². The molecule has 2 aromatic rings. The van der Waals surface area contributed by atoms with Gasteiger partial charge in [-0.1, -0.05) is 6.07 Å². The number of benzene rings is 1. The van der Waals surface area contributed by atoms with Gasteiger partial charge in [-0.15, -0.1) is 0 Å². The van der Waals surface area contributed by atoms with E-state index >= 15 is 0 Å². The van der Waals surface area contributed by atoms with Gasteiger partial charge in [-0.25, -0.2) is 4.98 Å². The van der Waals surface area contributed by atoms with Gasteiger partial charge in [-0.2, -0.15) is 0 Å². The van der Waals surface area contributed by atoms with Crippen molar-refractivity contribution in [3.05, 3.63) is 36.2 Å². The van der Waals surface area contributed by atoms with Gasteiger partial charge in [-0.05, 0) is 12.1 Å². The van der Waals surface area contributed by atoms with Gasteiger partial charge in [0.2, 0.25) is 5.95 Å². The van der Waals surface area contributed by atoms with E-state index in [1.165, 1.54) is 14.2 Å². The fourth-order valence-corrected chi connectivity index (χ4v) is 1.73. The molecule has 0 fully saturated rings. The van der Waals surface area contributed by atoms with Crippen LogP contribution >= 0.6 is 0 Å². The molecule has 0 saturated heterocycles. The summed E-state index contributed by atoms with van der Waals surface area (Å²) in [6, 6.07) is 5.17. The van der Waals surface area contributed by atoms with Crippen molar-refractivity contribution in [2.24, 2.45) is 7.05 Å². The Kier molecular flexibility index (Phi) is 3.70. The number of nitrogens with one attached hydrogen (secondary N) is 1. The summed E-state index contributed by atoms with van der Waals surface area (Å²) in [5.74, 6) is 1.03. The predicted octanol–water partition coefficient (Wildman–Crippen LogP) is 1.69. The van der Waals surface area contributed by atoms with E-state index in [9.17, 15) is 4.79 Å². The number of imidazole rings is 1. The zero-order valence-corrected chi connectivity index (χ0v) is 11.0. The Morgan fingerprint density at radius 2 is 1.89 bits per heavy atom. The Bertz CT molecular complexity index is 570. The third kappa shape index (κ3) is 2.52. The number of hydrogen-bond acceptors (Lipinski definition) is 4. The molecule has 6 nitrogen and oxygen atoms in total. The van der Waals surface area contributed by atoms with Crippen molar-refractivity contribution >= 4 is 11.9 Å². The van der Waals surface area contributed by atoms with E-state index in [4.69, 9.17) is 9.47 Å². The summed E-state index contributed by atoms with van der Waals surface area (Å²) in [4.78, 5) is 16.3. The van der Waals surface area contributed by atoms with Crippen molar-refractivity contribution < 1.29 is 14.3 Å². The number of nitrogens with zero attached hydrogens (tertiary/aromatic N) is 2. The number of carbonyl (C=O) groups excluding carboxylic acids is 1. The van der Waals surface area contributed by atoms with E-state index in [1.807, 2.05) is 0 Å². The highest BCUT2D eigenvalue weighted by Gasteiger charge is 2.19. The summed E-state index contributed by atoms with van der Waals surface area (Å²) < 4.78 is 12.1. The van der Waals surface area contributed by atoms with Gasteiger partial charge in [0.1, 0.15) is 17.1 Å². The normalized spacial score (nSPS) is 10.1. The minimum Gasteiger partial charge on any atom is -0.496 e. The first kappa shape index (κ1) is 12.9. The number of aryl methyl sites for hydroxylation is 1. The van der Waals surface area contributed by atoms with Crippen molar-refractivity contribution in [3.63, 3.8) is 0 Å². The number of amides is 1. The molecule has 1 aromatic heterocycles. The van der Waals surface area contributed by atoms with Crippen LogP contribution in [0.4, 0.5) is 5.95 Å². The van der Waals surface area contributed by atoms with Gasteiger partial charge in [0, 0.05) is 19.4 Å². The van der Waals surface area contributed by atoms with Gasteiger partial charge >= 0.3 is 0 Å². The zero-order valence-electron chi connectivity index (χ0n) is 11.0. The molecule has 1 N–H and O–H groups in total. The summed E-state index contributed by atoms with van der Waals surface area (Å²) in [5.41, 5.74) is 0.343. The highest BCUT2D eigenvalue weighted by atomic mass is 16.5. The molecule has 1 aromatic carbocycles. The van der Waals surface area contributed by atoms with E-state index in [2.05, 4.69) is 10.3 Å². The zero-order chi connectivity index (χ0) is 13.8. The average Bonchev–Trinajstić information content (AvgIpc) is 2.83. The van der Waals surface area contributed by atoms with E-state index < -0.39 is 0 Å². The maximum Gasteiger partial charge on any atom is 0.265 e. The van der Waals surface area contributed by atoms with E-state index in [-0.39, 0.29) is 5.91 Å². The molecular weight excluding hydrogens is 246 g/mol. The fourth-order valence-electron chi connectivity index (χ4n) is 1.73. The molecule has 6 heteroatoms. The van der Waals surface area contributed by atoms with Crippen LogP contribution in [0.25, 0.3) is 0 Å². The number of rotatable bonds is 4. The lowest BCUT2D eigenvalue weighted by atomic mass is 10.1. The van der Waals surface area contributed by atoms with Crippen LogP contribution in [0.15, 0.2) is 30.6 Å². The average molecular weight is 261 g/mol. The van der Waals surface area contributed by atoms with Crippen LogP contribution in [0.1, 0.15) is 10.4 Å². The molecule has 0 aliphatic carbocycles. The van der Waals surface area contributed by atoms with Crippen molar-refractivity contribution in [2.75, 3.05) is 19.5 Å². The van der Waals surface area contributed by atoms with Gasteiger partial charge in [0.05, 0.1) is 14.2 Å². The first-order valence-corrected chi connectivity index (χ1v) is 5.67. The Morgan fingerprint density at radius 1 is 1.26 bits per heavy atom. The summed E-state index contributed by atoms with van der Waals surface area (Å²) >= 11 is 0. The van der Waals surface area contributed by atoms with E-state index in [0.29, 0.717) is 23.0 Å². The fraction of sp³-hybridized carbons (Fsp3) is 0.231. The van der Waals surface area contributed by atoms with Gasteiger partial charge in [-0.3, -0.25) is 10.1 Å². The van der Waals surface area contributed by atoms with Gasteiger partial charge in [0.15, 0.2) is 0 Å². The van der Waals surface area contributed by atoms with Crippen LogP contribution in [0.2, 0.25) is 0 Å². The largest absolute Gasteiger partial charge is 0.496 e. The van der Waals surface area contributed by atoms with Gasteiger partial charge in [0.25, 0.3) is 5.91 Å². The molecule has 0 saturated carbocycles. The first-order chi connectivity index (χ1) is 9.17. The Balaban J connectivity index is 2.35. The number of aromatic nitrogens is 2. The lowest BCUT2D eigenvalue weighted by Gasteiger charge is -2.12. The first-order valence-electron chi connectivity index (χ1n) is 5.67. The maximum atomic E-state index is 12.3. The van der Waals surface area contributed by atoms with E-state index in [0.717, 1.165) is 0 Å². The Hall–Kier alpha value is -2.50. The maximum absolute atomic E-state index is 12.3. The summed E-state index contributed by atoms with van der Waals surface area (Å²) in [6.07, 6.45) is 3.35. The van der Waals surface area contributed by atoms with Crippen LogP contribution in [0.3, 0.4) is 0 Å². The van der Waals surface area contributed by atoms with Crippen LogP contribution in [0.5, 0.6) is 11.5 Å². The second kappa shape index (κ2) is 5.43. The molecule has 0 atom stereocenters. The minimum absolute atomic E-state index is 0.330. The second-order valence-corrected chi connectivity index (χ2v) is 3.85. The topological polar surface area (TPSA) is 65.4 Å². The molecular formula is C13H15N3O3. The molecule has 0 bridgehead atoms. The molecule has 1 amide bonds. The van der Waals surface area contributed by atoms with Crippen LogP contribution in [-0.2, 0) is 7.05 Å². The Morgan fingerprint density at radius 3 is 2.37 bits per heavy atom. The summed E-state index contributed by atoms with van der Waals surface area (Å²) in [7, 11) is 4.81. The molecule has 100 valence electrons. The van der Waals surface area contributed by atoms with Crippen LogP contribution in [0, 0.1) is 0 Å². The molecule has 2 rings (SSSR count). The standard InChI is InChI=1S/C13H15N3O3/c1-16-8-7-14-13(16)15-12(17)11-9(18-2)5-4-6-10(11)19-3/h4-8H,1-3H3,(H,14,15,17). The third-order valence-electron chi connectivity index (χ3n) is 2.70. The monoisotopic (exact) mass is 261 g/mol. The summed E-state index contributed by atoms with van der Waals surface area (Å²) in [5, 5.41) is 2.71. The molecule has 0 aliphatic heterocycles. The highest BCUT2D eigenvalue weighted by molar-refractivity contribution is 6.07. The molecule has 0 unspecified atom stereocenters. The Labute approximate surface area is 111 Å². The number of anilines is 1. The lowest BCUT2D eigenvalue weighted by molar-refractivity contribution is 0.101. The third-order valence-corrected chi connectivity index (χ3v) is 2.70. The summed E-state index contributed by atoms with van der Waals surface area (Å²) in [6.45, 7) is 0. The van der Waals surface area contributed by atoms with Crippen molar-refractivity contribution in [1.82, 2.24) is 9.55 Å². The van der Waals surface area contributed by atoms with Gasteiger partial charge < -0.3 is 14.0 Å². The van der Waals surface area contributed by atoms with Crippen LogP contribution < -0.4 is 14.8 Å². The molecule has 19 heavy (non-hydrogen) atoms. The van der Waals surface area contributed by atoms with Crippen LogP contribution in [-0.4, -0.2) is 29.7 Å². The number of methoxy groups -OCH3 is 2. The molecule has 0 radical (unpaired) electrons. The number of hydrogen-bond donors (Lipinski definition) is 1. The molecule has 0 spiro atoms. The highest BCUT2D eigenvalue weighted by Crippen LogP contribution is 2.28. The quantitative estimate of drug-likeness (QED) is 0.909. The van der Waals surface area contributed by atoms with E-state index in [1.54, 1.807) is 42.2 Å². The number of ether oxygens (including phenoxy) is 2. The second-order valence-electron chi connectivity index (χ2n) is 3.85. The number of carbonyl (C=O) groups is 1. The van der Waals surface area contributed by atoms with Crippen molar-refractivity contribution in [1.29, 1.82) is 0 Å². The smallest absolute Gasteiger partial charge is 0.265 e.